The number of hydrogen-bond donors (Lipinski definition) is 3. The zero-order valence-corrected chi connectivity index (χ0v) is 24.9. The first-order valence-electron chi connectivity index (χ1n) is 14.7. The molecule has 0 heterocycles. The summed E-state index contributed by atoms with van der Waals surface area (Å²) in [5, 5.41) is 25.3. The molecule has 3 N–H and O–H groups in total. The van der Waals surface area contributed by atoms with Gasteiger partial charge in [-0.15, -0.1) is 0 Å². The van der Waals surface area contributed by atoms with Crippen LogP contribution in [0.5, 0.6) is 0 Å². The first kappa shape index (κ1) is 42.2. The van der Waals surface area contributed by atoms with Gasteiger partial charge in [0.15, 0.2) is 0 Å². The highest BCUT2D eigenvalue weighted by Crippen LogP contribution is 2.04. The predicted octanol–water partition coefficient (Wildman–Crippen LogP) is 4.59. The Morgan fingerprint density at radius 2 is 1.05 bits per heavy atom. The van der Waals surface area contributed by atoms with Crippen LogP contribution in [0.4, 0.5) is 0 Å². The summed E-state index contributed by atoms with van der Waals surface area (Å²) in [6.07, 6.45) is 14.5. The van der Waals surface area contributed by atoms with E-state index in [-0.39, 0.29) is 57.6 Å². The van der Waals surface area contributed by atoms with E-state index < -0.39 is 5.97 Å². The number of carbonyl (C=O) groups excluding carboxylic acids is 3. The lowest BCUT2D eigenvalue weighted by Gasteiger charge is -2.06. The molecule has 0 saturated heterocycles. The van der Waals surface area contributed by atoms with Crippen molar-refractivity contribution in [2.75, 3.05) is 46.8 Å². The molecule has 0 aromatic heterocycles. The molecule has 0 aliphatic carbocycles. The highest BCUT2D eigenvalue weighted by atomic mass is 16.6. The van der Waals surface area contributed by atoms with E-state index in [0.29, 0.717) is 45.2 Å². The number of aliphatic hydroxyl groups excluding tert-OH is 2. The van der Waals surface area contributed by atoms with Gasteiger partial charge in [0, 0.05) is 46.2 Å². The summed E-state index contributed by atoms with van der Waals surface area (Å²) in [4.78, 5) is 41.9. The fraction of sp³-hybridized carbons (Fsp3) is 0.862. The van der Waals surface area contributed by atoms with Gasteiger partial charge in [-0.05, 0) is 44.9 Å². The molecule has 0 radical (unpaired) electrons. The average molecular weight is 581 g/mol. The molecule has 0 aromatic carbocycles. The maximum atomic E-state index is 11.1. The fourth-order valence-electron chi connectivity index (χ4n) is 3.11. The number of methoxy groups -OCH3 is 1. The summed E-state index contributed by atoms with van der Waals surface area (Å²) >= 11 is 0. The Labute approximate surface area is 240 Å². The lowest BCUT2D eigenvalue weighted by Crippen LogP contribution is -2.13. The van der Waals surface area contributed by atoms with Crippen molar-refractivity contribution in [1.82, 2.24) is 0 Å². The van der Waals surface area contributed by atoms with Crippen molar-refractivity contribution in [2.45, 2.75) is 116 Å². The smallest absolute Gasteiger partial charge is 0.305 e. The van der Waals surface area contributed by atoms with Crippen LogP contribution >= 0.6 is 0 Å². The second kappa shape index (κ2) is 38.9. The highest BCUT2D eigenvalue weighted by Gasteiger charge is 2.05. The van der Waals surface area contributed by atoms with E-state index >= 15 is 0 Å². The summed E-state index contributed by atoms with van der Waals surface area (Å²) in [5.41, 5.74) is 0. The first-order valence-corrected chi connectivity index (χ1v) is 14.7. The molecule has 0 atom stereocenters. The van der Waals surface area contributed by atoms with Crippen LogP contribution in [-0.2, 0) is 38.1 Å². The minimum Gasteiger partial charge on any atom is -0.481 e. The van der Waals surface area contributed by atoms with Gasteiger partial charge < -0.3 is 34.3 Å². The van der Waals surface area contributed by atoms with E-state index in [0.717, 1.165) is 25.9 Å². The lowest BCUT2D eigenvalue weighted by molar-refractivity contribution is -0.152. The molecule has 0 spiro atoms. The van der Waals surface area contributed by atoms with Gasteiger partial charge in [0.25, 0.3) is 6.47 Å². The number of aliphatic hydroxyl groups is 2. The number of aliphatic carboxylic acids is 1. The Morgan fingerprint density at radius 1 is 0.600 bits per heavy atom. The number of rotatable bonds is 26. The second-order valence-electron chi connectivity index (χ2n) is 9.09. The van der Waals surface area contributed by atoms with Gasteiger partial charge in [-0.3, -0.25) is 19.2 Å². The maximum Gasteiger partial charge on any atom is 0.305 e. The molecule has 0 aliphatic rings. The average Bonchev–Trinajstić information content (AvgIpc) is 2.93. The SMILES string of the molecule is CCCCCCCCOC.O=C(CCCCO)OCCOC(=O)CCCCO.O=COCCCCCCC(=O)O. The van der Waals surface area contributed by atoms with Gasteiger partial charge >= 0.3 is 17.9 Å². The topological polar surface area (TPSA) is 166 Å². The van der Waals surface area contributed by atoms with E-state index in [1.165, 1.54) is 38.5 Å². The summed E-state index contributed by atoms with van der Waals surface area (Å²) < 4.78 is 19.1. The molecule has 11 heteroatoms. The van der Waals surface area contributed by atoms with E-state index in [4.69, 9.17) is 29.5 Å². The van der Waals surface area contributed by atoms with Gasteiger partial charge in [0.2, 0.25) is 0 Å². The Balaban J connectivity index is -0.000000542. The van der Waals surface area contributed by atoms with Crippen molar-refractivity contribution in [2.24, 2.45) is 0 Å². The van der Waals surface area contributed by atoms with Gasteiger partial charge in [0.1, 0.15) is 13.2 Å². The van der Waals surface area contributed by atoms with Gasteiger partial charge in [0.05, 0.1) is 6.61 Å². The van der Waals surface area contributed by atoms with Crippen molar-refractivity contribution in [3.05, 3.63) is 0 Å². The molecule has 0 bridgehead atoms. The molecule has 0 fully saturated rings. The Kier molecular flexibility index (Phi) is 41.1. The molecular formula is C29H56O11. The molecular weight excluding hydrogens is 524 g/mol. The molecule has 238 valence electrons. The summed E-state index contributed by atoms with van der Waals surface area (Å²) in [6.45, 7) is 4.31. The van der Waals surface area contributed by atoms with Gasteiger partial charge in [-0.25, -0.2) is 0 Å². The van der Waals surface area contributed by atoms with Crippen molar-refractivity contribution in [1.29, 1.82) is 0 Å². The third-order valence-corrected chi connectivity index (χ3v) is 5.36. The maximum absolute atomic E-state index is 11.1. The van der Waals surface area contributed by atoms with E-state index in [1.54, 1.807) is 7.11 Å². The number of carbonyl (C=O) groups is 4. The molecule has 0 amide bonds. The third kappa shape index (κ3) is 45.7. The predicted molar refractivity (Wildman–Crippen MR) is 152 cm³/mol. The molecule has 0 unspecified atom stereocenters. The summed E-state index contributed by atoms with van der Waals surface area (Å²) in [7, 11) is 1.77. The Morgan fingerprint density at radius 3 is 1.50 bits per heavy atom. The van der Waals surface area contributed by atoms with E-state index in [9.17, 15) is 19.2 Å². The summed E-state index contributed by atoms with van der Waals surface area (Å²) in [6, 6.07) is 0. The number of ether oxygens (including phenoxy) is 4. The number of hydrogen-bond acceptors (Lipinski definition) is 10. The third-order valence-electron chi connectivity index (χ3n) is 5.36. The van der Waals surface area contributed by atoms with Crippen LogP contribution < -0.4 is 0 Å². The number of carboxylic acids is 1. The Bertz CT molecular complexity index is 524. The van der Waals surface area contributed by atoms with Crippen LogP contribution in [0.1, 0.15) is 116 Å². The molecule has 0 aromatic rings. The highest BCUT2D eigenvalue weighted by molar-refractivity contribution is 5.70. The summed E-state index contributed by atoms with van der Waals surface area (Å²) in [5.74, 6) is -1.45. The Hall–Kier alpha value is -2.24. The molecule has 0 saturated carbocycles. The number of esters is 2. The standard InChI is InChI=1S/C12H22O6.C9H20O.C8H14O4/c13-7-3-1-5-11(15)17-9-10-18-12(16)6-2-4-8-14;1-3-4-5-6-7-8-9-10-2;9-7-12-6-4-2-1-3-5-8(10)11/h13-14H,1-10H2;3-9H2,1-2H3;7H,1-6H2,(H,10,11). The van der Waals surface area contributed by atoms with Crippen LogP contribution in [0.25, 0.3) is 0 Å². The van der Waals surface area contributed by atoms with E-state index in [2.05, 4.69) is 11.7 Å². The van der Waals surface area contributed by atoms with Crippen molar-refractivity contribution in [3.8, 4) is 0 Å². The first-order chi connectivity index (χ1) is 19.4. The largest absolute Gasteiger partial charge is 0.481 e. The normalized spacial score (nSPS) is 9.90. The van der Waals surface area contributed by atoms with Crippen molar-refractivity contribution in [3.63, 3.8) is 0 Å². The number of unbranched alkanes of at least 4 members (excludes halogenated alkanes) is 10. The fourth-order valence-corrected chi connectivity index (χ4v) is 3.11. The van der Waals surface area contributed by atoms with Crippen molar-refractivity contribution < 1.29 is 53.4 Å². The zero-order chi connectivity index (χ0) is 30.5. The minimum atomic E-state index is -0.751. The molecule has 11 nitrogen and oxygen atoms in total. The monoisotopic (exact) mass is 580 g/mol. The lowest BCUT2D eigenvalue weighted by atomic mass is 10.1. The van der Waals surface area contributed by atoms with Crippen LogP contribution in [0, 0.1) is 0 Å². The molecule has 0 aliphatic heterocycles. The zero-order valence-electron chi connectivity index (χ0n) is 24.9. The van der Waals surface area contributed by atoms with Crippen LogP contribution in [0.3, 0.4) is 0 Å². The minimum absolute atomic E-state index is 0.0592. The van der Waals surface area contributed by atoms with Crippen LogP contribution in [-0.4, -0.2) is 86.5 Å². The van der Waals surface area contributed by atoms with E-state index in [1.807, 2.05) is 0 Å². The second-order valence-corrected chi connectivity index (χ2v) is 9.09. The number of carboxylic acid groups (broad SMARTS) is 1. The van der Waals surface area contributed by atoms with Crippen LogP contribution in [0.2, 0.25) is 0 Å². The molecule has 40 heavy (non-hydrogen) atoms. The van der Waals surface area contributed by atoms with Crippen LogP contribution in [0.15, 0.2) is 0 Å². The van der Waals surface area contributed by atoms with Gasteiger partial charge in [-0.1, -0.05) is 51.9 Å². The van der Waals surface area contributed by atoms with Gasteiger partial charge in [-0.2, -0.15) is 0 Å². The molecule has 0 rings (SSSR count). The van der Waals surface area contributed by atoms with Crippen molar-refractivity contribution >= 4 is 24.4 Å². The quantitative estimate of drug-likeness (QED) is 0.0567.